The Hall–Kier alpha value is -1.03. The summed E-state index contributed by atoms with van der Waals surface area (Å²) in [5.74, 6) is 1.18. The number of fused-ring (bicyclic) bond motifs is 2. The fraction of sp³-hybridized carbons (Fsp3) is 0.800. The van der Waals surface area contributed by atoms with Crippen LogP contribution >= 0.6 is 0 Å². The maximum Gasteiger partial charge on any atom is 0.206 e. The largest absolute Gasteiger partial charge is 0.341 e. The van der Waals surface area contributed by atoms with E-state index in [4.69, 9.17) is 4.98 Å². The first-order valence-corrected chi connectivity index (χ1v) is 7.76. The molecular weight excluding hydrogens is 236 g/mol. The number of imidazole rings is 1. The molecule has 2 fully saturated rings. The van der Waals surface area contributed by atoms with Gasteiger partial charge in [-0.05, 0) is 39.5 Å². The number of anilines is 1. The number of nitrogens with zero attached hydrogens (tertiary/aromatic N) is 3. The Morgan fingerprint density at radius 3 is 2.84 bits per heavy atom. The van der Waals surface area contributed by atoms with Crippen molar-refractivity contribution in [1.82, 2.24) is 14.9 Å². The van der Waals surface area contributed by atoms with Gasteiger partial charge in [-0.15, -0.1) is 0 Å². The SMILES string of the molecule is CCc1cn(C(C)C)c(N2CCC3CCC(C2)N3)n1. The van der Waals surface area contributed by atoms with Gasteiger partial charge < -0.3 is 14.8 Å². The van der Waals surface area contributed by atoms with Crippen LogP contribution in [0, 0.1) is 0 Å². The third-order valence-corrected chi connectivity index (χ3v) is 4.49. The van der Waals surface area contributed by atoms with Crippen molar-refractivity contribution in [2.75, 3.05) is 18.0 Å². The highest BCUT2D eigenvalue weighted by molar-refractivity contribution is 5.35. The predicted molar refractivity (Wildman–Crippen MR) is 78.8 cm³/mol. The zero-order chi connectivity index (χ0) is 13.4. The smallest absolute Gasteiger partial charge is 0.206 e. The van der Waals surface area contributed by atoms with E-state index < -0.39 is 0 Å². The third-order valence-electron chi connectivity index (χ3n) is 4.49. The summed E-state index contributed by atoms with van der Waals surface area (Å²) in [6.07, 6.45) is 7.19. The first-order valence-electron chi connectivity index (χ1n) is 7.76. The molecule has 2 aliphatic heterocycles. The fourth-order valence-electron chi connectivity index (χ4n) is 3.34. The van der Waals surface area contributed by atoms with Crippen molar-refractivity contribution < 1.29 is 0 Å². The maximum absolute atomic E-state index is 4.86. The van der Waals surface area contributed by atoms with Gasteiger partial charge in [-0.25, -0.2) is 4.98 Å². The molecule has 2 unspecified atom stereocenters. The minimum Gasteiger partial charge on any atom is -0.341 e. The molecule has 2 aliphatic rings. The van der Waals surface area contributed by atoms with Crippen LogP contribution in [0.2, 0.25) is 0 Å². The van der Waals surface area contributed by atoms with Crippen LogP contribution < -0.4 is 10.2 Å². The van der Waals surface area contributed by atoms with Crippen LogP contribution in [0.3, 0.4) is 0 Å². The monoisotopic (exact) mass is 262 g/mol. The van der Waals surface area contributed by atoms with Gasteiger partial charge in [0.05, 0.1) is 5.69 Å². The zero-order valence-electron chi connectivity index (χ0n) is 12.4. The Balaban J connectivity index is 1.86. The lowest BCUT2D eigenvalue weighted by atomic mass is 10.1. The van der Waals surface area contributed by atoms with E-state index in [0.29, 0.717) is 12.1 Å². The van der Waals surface area contributed by atoms with Gasteiger partial charge in [-0.1, -0.05) is 6.92 Å². The summed E-state index contributed by atoms with van der Waals surface area (Å²) in [5.41, 5.74) is 1.21. The van der Waals surface area contributed by atoms with Crippen molar-refractivity contribution in [3.05, 3.63) is 11.9 Å². The molecule has 2 saturated heterocycles. The van der Waals surface area contributed by atoms with Gasteiger partial charge in [0, 0.05) is 37.4 Å². The van der Waals surface area contributed by atoms with Gasteiger partial charge in [0.1, 0.15) is 0 Å². The molecule has 0 aliphatic carbocycles. The van der Waals surface area contributed by atoms with Gasteiger partial charge in [0.15, 0.2) is 0 Å². The Kier molecular flexibility index (Phi) is 3.52. The van der Waals surface area contributed by atoms with E-state index in [9.17, 15) is 0 Å². The van der Waals surface area contributed by atoms with Crippen molar-refractivity contribution in [3.63, 3.8) is 0 Å². The fourth-order valence-corrected chi connectivity index (χ4v) is 3.34. The lowest BCUT2D eigenvalue weighted by molar-refractivity contribution is 0.558. The van der Waals surface area contributed by atoms with E-state index in [-0.39, 0.29) is 0 Å². The molecule has 1 aromatic heterocycles. The van der Waals surface area contributed by atoms with E-state index in [0.717, 1.165) is 25.6 Å². The average Bonchev–Trinajstić information content (AvgIpc) is 2.93. The normalized spacial score (nSPS) is 27.1. The first-order chi connectivity index (χ1) is 9.17. The van der Waals surface area contributed by atoms with Gasteiger partial charge in [-0.3, -0.25) is 0 Å². The molecule has 0 amide bonds. The minimum absolute atomic E-state index is 0.483. The van der Waals surface area contributed by atoms with Crippen molar-refractivity contribution >= 4 is 5.95 Å². The summed E-state index contributed by atoms with van der Waals surface area (Å²) in [5, 5.41) is 3.74. The highest BCUT2D eigenvalue weighted by Gasteiger charge is 2.31. The molecule has 0 aromatic carbocycles. The van der Waals surface area contributed by atoms with Crippen LogP contribution in [0.1, 0.15) is 51.8 Å². The van der Waals surface area contributed by atoms with E-state index in [1.807, 2.05) is 0 Å². The number of aryl methyl sites for hydroxylation is 1. The van der Waals surface area contributed by atoms with Crippen LogP contribution in [-0.2, 0) is 6.42 Å². The zero-order valence-corrected chi connectivity index (χ0v) is 12.4. The van der Waals surface area contributed by atoms with E-state index >= 15 is 0 Å². The molecule has 4 heteroatoms. The third kappa shape index (κ3) is 2.50. The topological polar surface area (TPSA) is 33.1 Å². The standard InChI is InChI=1S/C15H26N4/c1-4-12-10-19(11(2)3)15(17-12)18-8-7-13-5-6-14(9-18)16-13/h10-11,13-14,16H,4-9H2,1-3H3. The quantitative estimate of drug-likeness (QED) is 0.908. The Bertz CT molecular complexity index is 437. The lowest BCUT2D eigenvalue weighted by Crippen LogP contribution is -2.36. The van der Waals surface area contributed by atoms with Gasteiger partial charge >= 0.3 is 0 Å². The molecule has 0 radical (unpaired) electrons. The average molecular weight is 262 g/mol. The highest BCUT2D eigenvalue weighted by atomic mass is 15.3. The summed E-state index contributed by atoms with van der Waals surface area (Å²) < 4.78 is 2.35. The van der Waals surface area contributed by atoms with Crippen LogP contribution in [0.5, 0.6) is 0 Å². The Morgan fingerprint density at radius 2 is 2.11 bits per heavy atom. The first kappa shape index (κ1) is 13.0. The molecule has 1 aromatic rings. The van der Waals surface area contributed by atoms with Crippen LogP contribution in [-0.4, -0.2) is 34.7 Å². The summed E-state index contributed by atoms with van der Waals surface area (Å²) in [6.45, 7) is 8.92. The van der Waals surface area contributed by atoms with Crippen LogP contribution in [0.25, 0.3) is 0 Å². The van der Waals surface area contributed by atoms with Crippen molar-refractivity contribution in [2.24, 2.45) is 0 Å². The Morgan fingerprint density at radius 1 is 1.32 bits per heavy atom. The number of hydrogen-bond donors (Lipinski definition) is 1. The summed E-state index contributed by atoms with van der Waals surface area (Å²) in [4.78, 5) is 7.36. The summed E-state index contributed by atoms with van der Waals surface area (Å²) >= 11 is 0. The second kappa shape index (κ2) is 5.16. The maximum atomic E-state index is 4.86. The number of nitrogens with one attached hydrogen (secondary N) is 1. The molecule has 3 heterocycles. The van der Waals surface area contributed by atoms with E-state index in [2.05, 4.69) is 41.8 Å². The predicted octanol–water partition coefficient (Wildman–Crippen LogP) is 2.36. The lowest BCUT2D eigenvalue weighted by Gasteiger charge is -2.27. The number of hydrogen-bond acceptors (Lipinski definition) is 3. The van der Waals surface area contributed by atoms with Crippen molar-refractivity contribution in [2.45, 2.75) is 64.6 Å². The highest BCUT2D eigenvalue weighted by Crippen LogP contribution is 2.26. The Labute approximate surface area is 116 Å². The molecule has 2 bridgehead atoms. The molecule has 19 heavy (non-hydrogen) atoms. The molecule has 4 nitrogen and oxygen atoms in total. The van der Waals surface area contributed by atoms with Crippen molar-refractivity contribution in [3.8, 4) is 0 Å². The number of rotatable bonds is 3. The van der Waals surface area contributed by atoms with Gasteiger partial charge in [0.2, 0.25) is 5.95 Å². The molecule has 106 valence electrons. The molecule has 3 rings (SSSR count). The van der Waals surface area contributed by atoms with Crippen LogP contribution in [0.4, 0.5) is 5.95 Å². The van der Waals surface area contributed by atoms with E-state index in [1.165, 1.54) is 30.9 Å². The molecule has 1 N–H and O–H groups in total. The molecular formula is C15H26N4. The summed E-state index contributed by atoms with van der Waals surface area (Å²) in [7, 11) is 0. The molecule has 0 spiro atoms. The van der Waals surface area contributed by atoms with Gasteiger partial charge in [-0.2, -0.15) is 0 Å². The van der Waals surface area contributed by atoms with Crippen LogP contribution in [0.15, 0.2) is 6.20 Å². The van der Waals surface area contributed by atoms with Gasteiger partial charge in [0.25, 0.3) is 0 Å². The second-order valence-corrected chi connectivity index (χ2v) is 6.26. The van der Waals surface area contributed by atoms with E-state index in [1.54, 1.807) is 0 Å². The second-order valence-electron chi connectivity index (χ2n) is 6.26. The van der Waals surface area contributed by atoms with Crippen molar-refractivity contribution in [1.29, 1.82) is 0 Å². The molecule has 0 saturated carbocycles. The molecule has 2 atom stereocenters. The summed E-state index contributed by atoms with van der Waals surface area (Å²) in [6, 6.07) is 1.88. The minimum atomic E-state index is 0.483. The number of aromatic nitrogens is 2.